The van der Waals surface area contributed by atoms with Gasteiger partial charge in [0.05, 0.1) is 10.5 Å². The highest BCUT2D eigenvalue weighted by Crippen LogP contribution is 2.59. The number of hydrogen-bond donors (Lipinski definition) is 0. The molecule has 0 amide bonds. The Bertz CT molecular complexity index is 507. The van der Waals surface area contributed by atoms with Gasteiger partial charge < -0.3 is 4.84 Å². The first-order valence-electron chi connectivity index (χ1n) is 6.89. The van der Waals surface area contributed by atoms with E-state index in [2.05, 4.69) is 5.16 Å². The predicted octanol–water partition coefficient (Wildman–Crippen LogP) is 2.92. The average Bonchev–Trinajstić information content (AvgIpc) is 2.96. The molecule has 2 rings (SSSR count). The van der Waals surface area contributed by atoms with Crippen LogP contribution in [0.15, 0.2) is 5.16 Å². The molecule has 1 atom stereocenters. The predicted molar refractivity (Wildman–Crippen MR) is 77.0 cm³/mol. The van der Waals surface area contributed by atoms with Crippen molar-refractivity contribution in [3.8, 4) is 0 Å². The molecule has 1 unspecified atom stereocenters. The van der Waals surface area contributed by atoms with Gasteiger partial charge in [-0.1, -0.05) is 25.9 Å². The molecule has 1 aliphatic carbocycles. The van der Waals surface area contributed by atoms with Crippen LogP contribution < -0.4 is 0 Å². The van der Waals surface area contributed by atoms with Gasteiger partial charge in [0.15, 0.2) is 15.9 Å². The molecule has 2 aliphatic rings. The van der Waals surface area contributed by atoms with Crippen LogP contribution >= 0.6 is 0 Å². The Morgan fingerprint density at radius 2 is 1.74 bits per heavy atom. The van der Waals surface area contributed by atoms with Crippen LogP contribution in [0, 0.1) is 5.41 Å². The first-order valence-corrected chi connectivity index (χ1v) is 8.37. The zero-order valence-corrected chi connectivity index (χ0v) is 13.6. The van der Waals surface area contributed by atoms with Gasteiger partial charge in [0.25, 0.3) is 0 Å². The molecule has 0 aromatic heterocycles. The lowest BCUT2D eigenvalue weighted by molar-refractivity contribution is 0.0601. The number of hydrogen-bond acceptors (Lipinski definition) is 4. The molecule has 4 nitrogen and oxygen atoms in total. The van der Waals surface area contributed by atoms with E-state index in [0.29, 0.717) is 6.42 Å². The van der Waals surface area contributed by atoms with Crippen molar-refractivity contribution in [1.29, 1.82) is 0 Å². The van der Waals surface area contributed by atoms with E-state index in [-0.39, 0.29) is 11.5 Å². The molecule has 1 fully saturated rings. The van der Waals surface area contributed by atoms with Crippen LogP contribution in [0.4, 0.5) is 0 Å². The second kappa shape index (κ2) is 3.96. The topological polar surface area (TPSA) is 55.7 Å². The van der Waals surface area contributed by atoms with Gasteiger partial charge in [0, 0.05) is 6.42 Å². The molecular weight excluding hydrogens is 262 g/mol. The van der Waals surface area contributed by atoms with Crippen molar-refractivity contribution in [3.05, 3.63) is 0 Å². The van der Waals surface area contributed by atoms with Crippen LogP contribution in [-0.4, -0.2) is 29.7 Å². The Hall–Kier alpha value is -0.580. The number of oxime groups is 1. The van der Waals surface area contributed by atoms with Crippen molar-refractivity contribution in [3.63, 3.8) is 0 Å². The quantitative estimate of drug-likeness (QED) is 0.802. The lowest BCUT2D eigenvalue weighted by Crippen LogP contribution is -2.53. The maximum Gasteiger partial charge on any atom is 0.165 e. The third-order valence-corrected chi connectivity index (χ3v) is 8.57. The molecule has 0 aromatic rings. The third-order valence-electron chi connectivity index (χ3n) is 4.87. The van der Waals surface area contributed by atoms with E-state index in [1.54, 1.807) is 13.8 Å². The highest BCUT2D eigenvalue weighted by Gasteiger charge is 2.67. The van der Waals surface area contributed by atoms with Crippen molar-refractivity contribution in [2.24, 2.45) is 10.6 Å². The van der Waals surface area contributed by atoms with Crippen molar-refractivity contribution >= 4 is 15.5 Å². The molecule has 1 saturated carbocycles. The number of sulfone groups is 1. The zero-order chi connectivity index (χ0) is 14.7. The van der Waals surface area contributed by atoms with Crippen LogP contribution in [0.25, 0.3) is 0 Å². The van der Waals surface area contributed by atoms with E-state index >= 15 is 0 Å². The van der Waals surface area contributed by atoms with E-state index in [1.165, 1.54) is 0 Å². The summed E-state index contributed by atoms with van der Waals surface area (Å²) in [4.78, 5) is 5.36. The lowest BCUT2D eigenvalue weighted by Gasteiger charge is -2.39. The van der Waals surface area contributed by atoms with Crippen LogP contribution in [-0.2, 0) is 14.7 Å². The maximum atomic E-state index is 13.1. The van der Waals surface area contributed by atoms with Crippen LogP contribution in [0.5, 0.6) is 0 Å². The molecule has 1 aliphatic heterocycles. The summed E-state index contributed by atoms with van der Waals surface area (Å²) in [5.74, 6) is 0. The van der Waals surface area contributed by atoms with Crippen LogP contribution in [0.3, 0.4) is 0 Å². The fourth-order valence-corrected chi connectivity index (χ4v) is 6.01. The second-order valence-electron chi connectivity index (χ2n) is 7.48. The first-order chi connectivity index (χ1) is 8.46. The van der Waals surface area contributed by atoms with Gasteiger partial charge in [0.2, 0.25) is 0 Å². The second-order valence-corrected chi connectivity index (χ2v) is 10.3. The minimum absolute atomic E-state index is 0.238. The summed E-state index contributed by atoms with van der Waals surface area (Å²) >= 11 is 0. The van der Waals surface area contributed by atoms with Gasteiger partial charge in [-0.3, -0.25) is 0 Å². The van der Waals surface area contributed by atoms with Crippen LogP contribution in [0.2, 0.25) is 0 Å². The van der Waals surface area contributed by atoms with Crippen molar-refractivity contribution in [2.45, 2.75) is 76.4 Å². The summed E-state index contributed by atoms with van der Waals surface area (Å²) in [5, 5.41) is 3.91. The molecular formula is C14H25NO3S. The minimum Gasteiger partial charge on any atom is -0.390 e. The van der Waals surface area contributed by atoms with E-state index in [4.69, 9.17) is 4.84 Å². The van der Waals surface area contributed by atoms with Crippen molar-refractivity contribution < 1.29 is 13.3 Å². The largest absolute Gasteiger partial charge is 0.390 e. The summed E-state index contributed by atoms with van der Waals surface area (Å²) < 4.78 is 24.8. The Morgan fingerprint density at radius 1 is 1.21 bits per heavy atom. The minimum atomic E-state index is -3.29. The van der Waals surface area contributed by atoms with E-state index < -0.39 is 19.3 Å². The Morgan fingerprint density at radius 3 is 2.05 bits per heavy atom. The van der Waals surface area contributed by atoms with Crippen molar-refractivity contribution in [2.75, 3.05) is 0 Å². The summed E-state index contributed by atoms with van der Waals surface area (Å²) in [7, 11) is -3.29. The molecule has 5 heteroatoms. The van der Waals surface area contributed by atoms with E-state index in [1.807, 2.05) is 27.7 Å². The van der Waals surface area contributed by atoms with Gasteiger partial charge in [-0.05, 0) is 39.0 Å². The highest BCUT2D eigenvalue weighted by molar-refractivity contribution is 7.94. The lowest BCUT2D eigenvalue weighted by atomic mass is 9.89. The van der Waals surface area contributed by atoms with E-state index in [9.17, 15) is 8.42 Å². The van der Waals surface area contributed by atoms with Gasteiger partial charge in [-0.25, -0.2) is 8.42 Å². The molecule has 19 heavy (non-hydrogen) atoms. The Labute approximate surface area is 116 Å². The first kappa shape index (κ1) is 14.8. The zero-order valence-electron chi connectivity index (χ0n) is 12.8. The van der Waals surface area contributed by atoms with Crippen molar-refractivity contribution in [1.82, 2.24) is 0 Å². The maximum absolute atomic E-state index is 13.1. The molecule has 0 bridgehead atoms. The highest BCUT2D eigenvalue weighted by atomic mass is 32.2. The molecule has 0 saturated heterocycles. The molecule has 0 aromatic carbocycles. The Kier molecular flexibility index (Phi) is 3.09. The van der Waals surface area contributed by atoms with Gasteiger partial charge in [-0.15, -0.1) is 0 Å². The average molecular weight is 287 g/mol. The normalized spacial score (nSPS) is 26.8. The fourth-order valence-electron chi connectivity index (χ4n) is 3.08. The monoisotopic (exact) mass is 287 g/mol. The summed E-state index contributed by atoms with van der Waals surface area (Å²) in [6.45, 7) is 11.5. The molecule has 110 valence electrons. The molecule has 0 spiro atoms. The summed E-state index contributed by atoms with van der Waals surface area (Å²) in [5.41, 5.74) is 0.631. The third kappa shape index (κ3) is 1.92. The number of nitrogens with zero attached hydrogens (tertiary/aromatic N) is 1. The Balaban J connectivity index is 2.35. The standard InChI is InChI=1S/C14H25NO3S/c1-10-9-11(18-15-10)13(5,6)19(16,17)14(7-8-14)12(2,3)4/h11H,7-9H2,1-6H3. The molecule has 0 radical (unpaired) electrons. The van der Waals surface area contributed by atoms with Crippen LogP contribution in [0.1, 0.15) is 60.8 Å². The van der Waals surface area contributed by atoms with Gasteiger partial charge in [-0.2, -0.15) is 0 Å². The van der Waals surface area contributed by atoms with Gasteiger partial charge in [0.1, 0.15) is 4.75 Å². The smallest absolute Gasteiger partial charge is 0.165 e. The van der Waals surface area contributed by atoms with E-state index in [0.717, 1.165) is 18.6 Å². The molecule has 0 N–H and O–H groups in total. The fraction of sp³-hybridized carbons (Fsp3) is 0.929. The summed E-state index contributed by atoms with van der Waals surface area (Å²) in [6.07, 6.45) is 1.76. The summed E-state index contributed by atoms with van der Waals surface area (Å²) in [6, 6.07) is 0. The number of rotatable bonds is 3. The molecule has 1 heterocycles. The SMILES string of the molecule is CC1=NOC(C(C)(C)S(=O)(=O)C2(C(C)(C)C)CC2)C1. The van der Waals surface area contributed by atoms with Gasteiger partial charge >= 0.3 is 0 Å².